The van der Waals surface area contributed by atoms with E-state index in [0.29, 0.717) is 12.5 Å². The molecule has 1 amide bonds. The van der Waals surface area contributed by atoms with E-state index in [1.165, 1.54) is 12.8 Å². The minimum Gasteiger partial charge on any atom is -0.480 e. The molecule has 1 aliphatic carbocycles. The maximum Gasteiger partial charge on any atom is 0.317 e. The first-order chi connectivity index (χ1) is 6.99. The molecule has 1 fully saturated rings. The molecule has 1 atom stereocenters. The number of nitrogens with two attached hydrogens (primary N) is 1. The summed E-state index contributed by atoms with van der Waals surface area (Å²) in [6, 6.07) is 0. The van der Waals surface area contributed by atoms with Crippen molar-refractivity contribution in [2.75, 3.05) is 19.6 Å². The average molecular weight is 214 g/mol. The fourth-order valence-electron chi connectivity index (χ4n) is 1.54. The lowest BCUT2D eigenvalue weighted by Gasteiger charge is -2.22. The Labute approximate surface area is 89.2 Å². The Morgan fingerprint density at radius 1 is 1.53 bits per heavy atom. The first-order valence-corrected chi connectivity index (χ1v) is 5.22. The standard InChI is InChI=1S/C10H18N2O3/c1-7(10(11)15)4-12(6-9(13)14)5-8-2-3-8/h7-8H,2-6H2,1H3,(H2,11,15)(H,13,14). The van der Waals surface area contributed by atoms with E-state index >= 15 is 0 Å². The fraction of sp³-hybridized carbons (Fsp3) is 0.800. The fourth-order valence-corrected chi connectivity index (χ4v) is 1.54. The third-order valence-electron chi connectivity index (χ3n) is 2.59. The normalized spacial score (nSPS) is 17.7. The van der Waals surface area contributed by atoms with Crippen molar-refractivity contribution in [2.45, 2.75) is 19.8 Å². The number of carbonyl (C=O) groups excluding carboxylic acids is 1. The molecule has 0 bridgehead atoms. The molecule has 0 radical (unpaired) electrons. The number of carboxylic acid groups (broad SMARTS) is 1. The quantitative estimate of drug-likeness (QED) is 0.620. The lowest BCUT2D eigenvalue weighted by molar-refractivity contribution is -0.139. The second-order valence-electron chi connectivity index (χ2n) is 4.33. The molecule has 1 aliphatic rings. The van der Waals surface area contributed by atoms with Crippen LogP contribution in [0.3, 0.4) is 0 Å². The van der Waals surface area contributed by atoms with E-state index in [9.17, 15) is 9.59 Å². The molecule has 0 heterocycles. The van der Waals surface area contributed by atoms with Crippen molar-refractivity contribution in [1.29, 1.82) is 0 Å². The Morgan fingerprint density at radius 2 is 2.13 bits per heavy atom. The highest BCUT2D eigenvalue weighted by Crippen LogP contribution is 2.29. The molecule has 0 aromatic carbocycles. The number of aliphatic carboxylic acids is 1. The SMILES string of the molecule is CC(CN(CC(=O)O)CC1CC1)C(N)=O. The van der Waals surface area contributed by atoms with Gasteiger partial charge in [0.15, 0.2) is 0 Å². The molecule has 1 saturated carbocycles. The molecule has 0 aliphatic heterocycles. The lowest BCUT2D eigenvalue weighted by atomic mass is 10.1. The van der Waals surface area contributed by atoms with Gasteiger partial charge < -0.3 is 10.8 Å². The molecule has 0 saturated heterocycles. The van der Waals surface area contributed by atoms with E-state index in [-0.39, 0.29) is 18.4 Å². The predicted molar refractivity (Wildman–Crippen MR) is 55.2 cm³/mol. The number of rotatable bonds is 7. The van der Waals surface area contributed by atoms with E-state index in [4.69, 9.17) is 10.8 Å². The van der Waals surface area contributed by atoms with E-state index in [2.05, 4.69) is 0 Å². The third kappa shape index (κ3) is 4.78. The summed E-state index contributed by atoms with van der Waals surface area (Å²) in [4.78, 5) is 23.3. The van der Waals surface area contributed by atoms with Crippen LogP contribution in [-0.4, -0.2) is 41.5 Å². The summed E-state index contributed by atoms with van der Waals surface area (Å²) in [6.45, 7) is 2.93. The number of carboxylic acids is 1. The summed E-state index contributed by atoms with van der Waals surface area (Å²) >= 11 is 0. The zero-order chi connectivity index (χ0) is 11.4. The second kappa shape index (κ2) is 5.11. The first-order valence-electron chi connectivity index (χ1n) is 5.22. The molecule has 0 spiro atoms. The van der Waals surface area contributed by atoms with Gasteiger partial charge in [0.25, 0.3) is 0 Å². The van der Waals surface area contributed by atoms with Crippen LogP contribution in [0.4, 0.5) is 0 Å². The van der Waals surface area contributed by atoms with Crippen LogP contribution in [-0.2, 0) is 9.59 Å². The van der Waals surface area contributed by atoms with E-state index in [1.54, 1.807) is 11.8 Å². The highest BCUT2D eigenvalue weighted by Gasteiger charge is 2.26. The minimum atomic E-state index is -0.854. The summed E-state index contributed by atoms with van der Waals surface area (Å²) < 4.78 is 0. The van der Waals surface area contributed by atoms with Crippen LogP contribution >= 0.6 is 0 Å². The van der Waals surface area contributed by atoms with Crippen molar-refractivity contribution < 1.29 is 14.7 Å². The van der Waals surface area contributed by atoms with Crippen LogP contribution in [0.15, 0.2) is 0 Å². The van der Waals surface area contributed by atoms with Crippen molar-refractivity contribution in [3.63, 3.8) is 0 Å². The van der Waals surface area contributed by atoms with Gasteiger partial charge in [-0.05, 0) is 18.8 Å². The summed E-state index contributed by atoms with van der Waals surface area (Å²) in [5.41, 5.74) is 5.15. The zero-order valence-corrected chi connectivity index (χ0v) is 8.98. The molecule has 86 valence electrons. The van der Waals surface area contributed by atoms with Crippen molar-refractivity contribution in [2.24, 2.45) is 17.6 Å². The molecule has 5 heteroatoms. The lowest BCUT2D eigenvalue weighted by Crippen LogP contribution is -2.38. The second-order valence-corrected chi connectivity index (χ2v) is 4.33. The van der Waals surface area contributed by atoms with E-state index < -0.39 is 5.97 Å². The number of nitrogens with zero attached hydrogens (tertiary/aromatic N) is 1. The van der Waals surface area contributed by atoms with Gasteiger partial charge in [-0.15, -0.1) is 0 Å². The van der Waals surface area contributed by atoms with Crippen molar-refractivity contribution in [1.82, 2.24) is 4.90 Å². The Bertz CT molecular complexity index is 251. The average Bonchev–Trinajstić information content (AvgIpc) is 2.86. The highest BCUT2D eigenvalue weighted by molar-refractivity contribution is 5.76. The molecule has 3 N–H and O–H groups in total. The van der Waals surface area contributed by atoms with Crippen molar-refractivity contribution >= 4 is 11.9 Å². The van der Waals surface area contributed by atoms with Gasteiger partial charge in [-0.1, -0.05) is 6.92 Å². The van der Waals surface area contributed by atoms with Crippen LogP contribution in [0.5, 0.6) is 0 Å². The summed E-state index contributed by atoms with van der Waals surface area (Å²) in [6.07, 6.45) is 2.34. The minimum absolute atomic E-state index is 0.00583. The van der Waals surface area contributed by atoms with Crippen LogP contribution in [0, 0.1) is 11.8 Å². The molecule has 15 heavy (non-hydrogen) atoms. The number of carbonyl (C=O) groups is 2. The summed E-state index contributed by atoms with van der Waals surface area (Å²) in [5, 5.41) is 8.71. The Balaban J connectivity index is 2.39. The van der Waals surface area contributed by atoms with Gasteiger partial charge in [0, 0.05) is 19.0 Å². The first kappa shape index (κ1) is 12.0. The molecule has 5 nitrogen and oxygen atoms in total. The monoisotopic (exact) mass is 214 g/mol. The number of amides is 1. The zero-order valence-electron chi connectivity index (χ0n) is 8.98. The Morgan fingerprint density at radius 3 is 2.53 bits per heavy atom. The van der Waals surface area contributed by atoms with Gasteiger partial charge in [0.1, 0.15) is 0 Å². The van der Waals surface area contributed by atoms with Gasteiger partial charge in [-0.3, -0.25) is 14.5 Å². The molecular weight excluding hydrogens is 196 g/mol. The molecule has 1 unspecified atom stereocenters. The van der Waals surface area contributed by atoms with Crippen molar-refractivity contribution in [3.8, 4) is 0 Å². The van der Waals surface area contributed by atoms with Gasteiger partial charge in [-0.25, -0.2) is 0 Å². The number of primary amides is 1. The van der Waals surface area contributed by atoms with Gasteiger partial charge >= 0.3 is 5.97 Å². The smallest absolute Gasteiger partial charge is 0.317 e. The van der Waals surface area contributed by atoms with Crippen LogP contribution < -0.4 is 5.73 Å². The Hall–Kier alpha value is -1.10. The van der Waals surface area contributed by atoms with Crippen LogP contribution in [0.2, 0.25) is 0 Å². The maximum absolute atomic E-state index is 10.9. The van der Waals surface area contributed by atoms with Crippen LogP contribution in [0.1, 0.15) is 19.8 Å². The van der Waals surface area contributed by atoms with E-state index in [0.717, 1.165) is 6.54 Å². The van der Waals surface area contributed by atoms with Gasteiger partial charge in [-0.2, -0.15) is 0 Å². The highest BCUT2D eigenvalue weighted by atomic mass is 16.4. The number of hydrogen-bond donors (Lipinski definition) is 2. The topological polar surface area (TPSA) is 83.6 Å². The molecular formula is C10H18N2O3. The third-order valence-corrected chi connectivity index (χ3v) is 2.59. The van der Waals surface area contributed by atoms with Gasteiger partial charge in [0.2, 0.25) is 5.91 Å². The summed E-state index contributed by atoms with van der Waals surface area (Å²) in [5.74, 6) is -0.902. The van der Waals surface area contributed by atoms with Crippen molar-refractivity contribution in [3.05, 3.63) is 0 Å². The van der Waals surface area contributed by atoms with Crippen LogP contribution in [0.25, 0.3) is 0 Å². The molecule has 0 aromatic heterocycles. The molecule has 0 aromatic rings. The maximum atomic E-state index is 10.9. The molecule has 1 rings (SSSR count). The largest absolute Gasteiger partial charge is 0.480 e. The predicted octanol–water partition coefficient (Wildman–Crippen LogP) is -0.0956. The summed E-state index contributed by atoms with van der Waals surface area (Å²) in [7, 11) is 0. The Kier molecular flexibility index (Phi) is 4.08. The van der Waals surface area contributed by atoms with E-state index in [1.807, 2.05) is 0 Å². The van der Waals surface area contributed by atoms with Gasteiger partial charge in [0.05, 0.1) is 6.54 Å². The number of hydrogen-bond acceptors (Lipinski definition) is 3.